The lowest BCUT2D eigenvalue weighted by Gasteiger charge is -2.39. The Morgan fingerprint density at radius 1 is 1.41 bits per heavy atom. The summed E-state index contributed by atoms with van der Waals surface area (Å²) in [6.07, 6.45) is 3.31. The Morgan fingerprint density at radius 2 is 2.17 bits per heavy atom. The molecule has 1 amide bonds. The summed E-state index contributed by atoms with van der Waals surface area (Å²) in [7, 11) is 0. The zero-order valence-electron chi connectivity index (χ0n) is 17.6. The molecule has 1 aliphatic rings. The SMILES string of the molecule is Cc1ccc(C(C)(C)N2CCC(CCc3ccc(F)s3)([C@@H](C)OC(N)=O)C2)cn1. The summed E-state index contributed by atoms with van der Waals surface area (Å²) in [6.45, 7) is 9.95. The quantitative estimate of drug-likeness (QED) is 0.710. The lowest BCUT2D eigenvalue weighted by atomic mass is 9.77. The predicted molar refractivity (Wildman–Crippen MR) is 113 cm³/mol. The molecule has 3 rings (SSSR count). The van der Waals surface area contributed by atoms with Gasteiger partial charge >= 0.3 is 6.09 Å². The van der Waals surface area contributed by atoms with Gasteiger partial charge in [0.05, 0.1) is 0 Å². The summed E-state index contributed by atoms with van der Waals surface area (Å²) >= 11 is 1.18. The third kappa shape index (κ3) is 4.78. The van der Waals surface area contributed by atoms with Crippen LogP contribution in [0.5, 0.6) is 0 Å². The van der Waals surface area contributed by atoms with Crippen LogP contribution in [0.15, 0.2) is 30.5 Å². The van der Waals surface area contributed by atoms with Gasteiger partial charge in [-0.3, -0.25) is 9.88 Å². The van der Waals surface area contributed by atoms with Crippen molar-refractivity contribution >= 4 is 17.4 Å². The number of nitrogens with two attached hydrogens (primary N) is 1. The number of ether oxygens (including phenoxy) is 1. The molecule has 1 aliphatic heterocycles. The zero-order chi connectivity index (χ0) is 21.2. The second-order valence-corrected chi connectivity index (χ2v) is 9.68. The van der Waals surface area contributed by atoms with Gasteiger partial charge in [0.2, 0.25) is 0 Å². The monoisotopic (exact) mass is 419 g/mol. The number of halogens is 1. The van der Waals surface area contributed by atoms with Gasteiger partial charge in [-0.15, -0.1) is 11.3 Å². The molecule has 3 heterocycles. The number of amides is 1. The molecule has 0 bridgehead atoms. The van der Waals surface area contributed by atoms with Gasteiger partial charge < -0.3 is 10.5 Å². The van der Waals surface area contributed by atoms with E-state index in [1.54, 1.807) is 0 Å². The maximum absolute atomic E-state index is 13.4. The van der Waals surface area contributed by atoms with E-state index in [2.05, 4.69) is 29.8 Å². The highest BCUT2D eigenvalue weighted by atomic mass is 32.1. The number of carbonyl (C=O) groups is 1. The van der Waals surface area contributed by atoms with E-state index in [1.807, 2.05) is 32.2 Å². The number of likely N-dealkylation sites (tertiary alicyclic amines) is 1. The summed E-state index contributed by atoms with van der Waals surface area (Å²) < 4.78 is 18.8. The van der Waals surface area contributed by atoms with E-state index in [9.17, 15) is 9.18 Å². The Balaban J connectivity index is 1.81. The largest absolute Gasteiger partial charge is 0.446 e. The molecule has 158 valence electrons. The number of primary amides is 1. The number of aryl methyl sites for hydroxylation is 2. The van der Waals surface area contributed by atoms with E-state index in [0.717, 1.165) is 48.5 Å². The zero-order valence-corrected chi connectivity index (χ0v) is 18.4. The van der Waals surface area contributed by atoms with E-state index in [0.29, 0.717) is 0 Å². The predicted octanol–water partition coefficient (Wildman–Crippen LogP) is 4.63. The third-order valence-electron chi connectivity index (χ3n) is 6.45. The molecule has 1 fully saturated rings. The summed E-state index contributed by atoms with van der Waals surface area (Å²) in [5.74, 6) is 0. The third-order valence-corrected chi connectivity index (χ3v) is 7.38. The first kappa shape index (κ1) is 21.7. The van der Waals surface area contributed by atoms with E-state index < -0.39 is 6.09 Å². The average Bonchev–Trinajstić information content (AvgIpc) is 3.27. The number of nitrogens with zero attached hydrogens (tertiary/aromatic N) is 2. The highest BCUT2D eigenvalue weighted by Gasteiger charge is 2.47. The first-order valence-corrected chi connectivity index (χ1v) is 10.8. The summed E-state index contributed by atoms with van der Waals surface area (Å²) in [5, 5.41) is -0.170. The minimum atomic E-state index is -0.750. The minimum Gasteiger partial charge on any atom is -0.446 e. The molecule has 5 nitrogen and oxygen atoms in total. The molecule has 1 saturated heterocycles. The van der Waals surface area contributed by atoms with Gasteiger partial charge in [-0.25, -0.2) is 4.79 Å². The normalized spacial score (nSPS) is 21.3. The van der Waals surface area contributed by atoms with Gasteiger partial charge in [0.1, 0.15) is 6.10 Å². The summed E-state index contributed by atoms with van der Waals surface area (Å²) in [4.78, 5) is 19.3. The Bertz CT molecular complexity index is 852. The Morgan fingerprint density at radius 3 is 2.76 bits per heavy atom. The number of thiophene rings is 1. The number of hydrogen-bond donors (Lipinski definition) is 1. The van der Waals surface area contributed by atoms with Gasteiger partial charge in [-0.2, -0.15) is 4.39 Å². The van der Waals surface area contributed by atoms with Gasteiger partial charge in [0.25, 0.3) is 0 Å². The van der Waals surface area contributed by atoms with E-state index in [-0.39, 0.29) is 22.2 Å². The molecule has 0 radical (unpaired) electrons. The lowest BCUT2D eigenvalue weighted by molar-refractivity contribution is 0.0115. The van der Waals surface area contributed by atoms with Crippen LogP contribution in [0.2, 0.25) is 0 Å². The number of carbonyl (C=O) groups excluding carboxylic acids is 1. The van der Waals surface area contributed by atoms with Crippen LogP contribution in [-0.2, 0) is 16.7 Å². The Labute approximate surface area is 176 Å². The van der Waals surface area contributed by atoms with E-state index >= 15 is 0 Å². The molecule has 2 N–H and O–H groups in total. The number of rotatable bonds is 7. The van der Waals surface area contributed by atoms with Crippen molar-refractivity contribution in [1.82, 2.24) is 9.88 Å². The molecule has 29 heavy (non-hydrogen) atoms. The topological polar surface area (TPSA) is 68.5 Å². The Hall–Kier alpha value is -1.99. The molecule has 0 aromatic carbocycles. The van der Waals surface area contributed by atoms with Crippen LogP contribution in [0.3, 0.4) is 0 Å². The molecule has 0 saturated carbocycles. The first-order valence-electron chi connectivity index (χ1n) is 10.0. The maximum Gasteiger partial charge on any atom is 0.404 e. The standard InChI is InChI=1S/C22H30FN3O2S/c1-15-5-6-17(13-25-15)21(3,4)26-12-11-22(14-26,16(2)28-20(24)27)10-9-18-7-8-19(23)29-18/h5-8,13,16H,9-12,14H2,1-4H3,(H2,24,27)/t16-,22?/m1/s1. The fourth-order valence-electron chi connectivity index (χ4n) is 4.28. The number of hydrogen-bond acceptors (Lipinski definition) is 5. The molecule has 0 spiro atoms. The highest BCUT2D eigenvalue weighted by Crippen LogP contribution is 2.44. The molecule has 1 unspecified atom stereocenters. The second kappa shape index (κ2) is 8.40. The molecule has 2 aromatic rings. The lowest BCUT2D eigenvalue weighted by Crippen LogP contribution is -2.45. The van der Waals surface area contributed by atoms with Crippen LogP contribution in [0.1, 0.15) is 49.7 Å². The molecule has 7 heteroatoms. The van der Waals surface area contributed by atoms with Crippen molar-refractivity contribution in [2.75, 3.05) is 13.1 Å². The fourth-order valence-corrected chi connectivity index (χ4v) is 5.01. The minimum absolute atomic E-state index is 0.170. The molecular weight excluding hydrogens is 389 g/mol. The summed E-state index contributed by atoms with van der Waals surface area (Å²) in [5.41, 5.74) is 7.04. The van der Waals surface area contributed by atoms with Gasteiger partial charge in [-0.1, -0.05) is 6.07 Å². The van der Waals surface area contributed by atoms with Gasteiger partial charge in [0, 0.05) is 34.3 Å². The smallest absolute Gasteiger partial charge is 0.404 e. The molecule has 0 aliphatic carbocycles. The second-order valence-electron chi connectivity index (χ2n) is 8.57. The van der Waals surface area contributed by atoms with Crippen molar-refractivity contribution in [2.24, 2.45) is 11.1 Å². The van der Waals surface area contributed by atoms with Gasteiger partial charge in [0.15, 0.2) is 5.13 Å². The average molecular weight is 420 g/mol. The van der Waals surface area contributed by atoms with Crippen molar-refractivity contribution in [3.05, 3.63) is 51.7 Å². The van der Waals surface area contributed by atoms with Crippen LogP contribution in [-0.4, -0.2) is 35.2 Å². The molecular formula is C22H30FN3O2S. The van der Waals surface area contributed by atoms with Crippen molar-refractivity contribution in [3.8, 4) is 0 Å². The number of aromatic nitrogens is 1. The van der Waals surface area contributed by atoms with Crippen molar-refractivity contribution in [2.45, 2.75) is 58.6 Å². The first-order chi connectivity index (χ1) is 13.6. The molecule has 2 atom stereocenters. The van der Waals surface area contributed by atoms with E-state index in [1.165, 1.54) is 17.4 Å². The van der Waals surface area contributed by atoms with Crippen LogP contribution in [0.4, 0.5) is 9.18 Å². The summed E-state index contributed by atoms with van der Waals surface area (Å²) in [6, 6.07) is 7.50. The number of pyridine rings is 1. The van der Waals surface area contributed by atoms with Crippen LogP contribution in [0, 0.1) is 17.5 Å². The van der Waals surface area contributed by atoms with Gasteiger partial charge in [-0.05, 0) is 77.3 Å². The maximum atomic E-state index is 13.4. The van der Waals surface area contributed by atoms with E-state index in [4.69, 9.17) is 10.5 Å². The Kier molecular flexibility index (Phi) is 6.29. The fraction of sp³-hybridized carbons (Fsp3) is 0.545. The highest BCUT2D eigenvalue weighted by molar-refractivity contribution is 7.10. The van der Waals surface area contributed by atoms with Crippen LogP contribution in [0.25, 0.3) is 0 Å². The molecule has 2 aromatic heterocycles. The van der Waals surface area contributed by atoms with Crippen molar-refractivity contribution in [1.29, 1.82) is 0 Å². The van der Waals surface area contributed by atoms with Crippen molar-refractivity contribution in [3.63, 3.8) is 0 Å². The van der Waals surface area contributed by atoms with Crippen molar-refractivity contribution < 1.29 is 13.9 Å². The van der Waals surface area contributed by atoms with Crippen LogP contribution < -0.4 is 5.73 Å². The van der Waals surface area contributed by atoms with Crippen LogP contribution >= 0.6 is 11.3 Å².